The van der Waals surface area contributed by atoms with Gasteiger partial charge in [0.25, 0.3) is 0 Å². The summed E-state index contributed by atoms with van der Waals surface area (Å²) in [7, 11) is -3.59. The first kappa shape index (κ1) is 24.1. The standard InChI is InChI=1S/C26H25FN2O3S/c1-18-9-11-21(24(28-18)14-10-20-7-5-4-6-8-20)13-16-26(30)19(2)22-12-15-25(23(27)17-22)29-33(3,31)32/h4-9,11-12,15,17,19,29H,13,16H2,1-3H3. The van der Waals surface area contributed by atoms with Crippen LogP contribution in [-0.4, -0.2) is 25.4 Å². The zero-order chi connectivity index (χ0) is 24.0. The topological polar surface area (TPSA) is 76.1 Å². The van der Waals surface area contributed by atoms with Gasteiger partial charge in [0, 0.05) is 23.6 Å². The fourth-order valence-electron chi connectivity index (χ4n) is 3.29. The molecule has 0 spiro atoms. The fourth-order valence-corrected chi connectivity index (χ4v) is 3.86. The molecule has 0 aliphatic rings. The lowest BCUT2D eigenvalue weighted by Crippen LogP contribution is -2.13. The molecule has 5 nitrogen and oxygen atoms in total. The largest absolute Gasteiger partial charge is 0.299 e. The van der Waals surface area contributed by atoms with Gasteiger partial charge in [0.15, 0.2) is 0 Å². The Hall–Kier alpha value is -3.50. The molecule has 7 heteroatoms. The van der Waals surface area contributed by atoms with E-state index in [4.69, 9.17) is 0 Å². The van der Waals surface area contributed by atoms with Gasteiger partial charge in [-0.15, -0.1) is 0 Å². The predicted octanol–water partition coefficient (Wildman–Crippen LogP) is 4.61. The van der Waals surface area contributed by atoms with Crippen LogP contribution in [0.25, 0.3) is 0 Å². The van der Waals surface area contributed by atoms with E-state index in [9.17, 15) is 17.6 Å². The number of anilines is 1. The van der Waals surface area contributed by atoms with Crippen molar-refractivity contribution >= 4 is 21.5 Å². The number of hydrogen-bond acceptors (Lipinski definition) is 4. The highest BCUT2D eigenvalue weighted by Crippen LogP contribution is 2.24. The van der Waals surface area contributed by atoms with Crippen LogP contribution >= 0.6 is 0 Å². The van der Waals surface area contributed by atoms with E-state index in [-0.39, 0.29) is 17.9 Å². The lowest BCUT2D eigenvalue weighted by atomic mass is 9.92. The monoisotopic (exact) mass is 464 g/mol. The summed E-state index contributed by atoms with van der Waals surface area (Å²) >= 11 is 0. The number of hydrogen-bond donors (Lipinski definition) is 1. The van der Waals surface area contributed by atoms with Crippen molar-refractivity contribution in [3.63, 3.8) is 0 Å². The summed E-state index contributed by atoms with van der Waals surface area (Å²) in [6, 6.07) is 17.5. The maximum absolute atomic E-state index is 14.3. The van der Waals surface area contributed by atoms with Gasteiger partial charge in [0.05, 0.1) is 11.9 Å². The molecular formula is C26H25FN2O3S. The third-order valence-corrected chi connectivity index (χ3v) is 5.72. The van der Waals surface area contributed by atoms with Crippen LogP contribution < -0.4 is 4.72 Å². The Morgan fingerprint density at radius 3 is 2.48 bits per heavy atom. The highest BCUT2D eigenvalue weighted by molar-refractivity contribution is 7.92. The number of aromatic nitrogens is 1. The number of nitrogens with one attached hydrogen (secondary N) is 1. The van der Waals surface area contributed by atoms with Gasteiger partial charge in [0.1, 0.15) is 17.3 Å². The zero-order valence-corrected chi connectivity index (χ0v) is 19.5. The third kappa shape index (κ3) is 6.99. The van der Waals surface area contributed by atoms with E-state index in [0.717, 1.165) is 23.1 Å². The maximum Gasteiger partial charge on any atom is 0.229 e. The van der Waals surface area contributed by atoms with Crippen LogP contribution in [0.3, 0.4) is 0 Å². The number of nitrogens with zero attached hydrogens (tertiary/aromatic N) is 1. The molecule has 1 N–H and O–H groups in total. The van der Waals surface area contributed by atoms with Gasteiger partial charge in [-0.3, -0.25) is 9.52 Å². The number of ketones is 1. The highest BCUT2D eigenvalue weighted by Gasteiger charge is 2.18. The number of aryl methyl sites for hydroxylation is 2. The van der Waals surface area contributed by atoms with Gasteiger partial charge in [-0.05, 0) is 60.7 Å². The number of halogens is 1. The Kier molecular flexibility index (Phi) is 7.62. The number of Topliss-reactive ketones (excluding diaryl/α,β-unsaturated/α-hetero) is 1. The van der Waals surface area contributed by atoms with Crippen molar-refractivity contribution in [3.05, 3.63) is 94.6 Å². The molecule has 0 aliphatic heterocycles. The summed E-state index contributed by atoms with van der Waals surface area (Å²) in [4.78, 5) is 17.3. The zero-order valence-electron chi connectivity index (χ0n) is 18.7. The summed E-state index contributed by atoms with van der Waals surface area (Å²) in [5, 5.41) is 0. The molecule has 0 saturated carbocycles. The van der Waals surface area contributed by atoms with Crippen molar-refractivity contribution in [1.29, 1.82) is 0 Å². The quantitative estimate of drug-likeness (QED) is 0.518. The van der Waals surface area contributed by atoms with Crippen molar-refractivity contribution in [2.24, 2.45) is 0 Å². The lowest BCUT2D eigenvalue weighted by Gasteiger charge is -2.13. The average molecular weight is 465 g/mol. The Morgan fingerprint density at radius 1 is 1.09 bits per heavy atom. The second-order valence-electron chi connectivity index (χ2n) is 7.88. The molecule has 1 aromatic heterocycles. The SMILES string of the molecule is Cc1ccc(CCC(=O)C(C)c2ccc(NS(C)(=O)=O)c(F)c2)c(C#Cc2ccccc2)n1. The van der Waals surface area contributed by atoms with E-state index in [1.54, 1.807) is 13.0 Å². The second-order valence-corrected chi connectivity index (χ2v) is 9.63. The molecule has 2 aromatic carbocycles. The Bertz CT molecular complexity index is 1330. The summed E-state index contributed by atoms with van der Waals surface area (Å²) in [5.74, 6) is 4.90. The molecular weight excluding hydrogens is 439 g/mol. The lowest BCUT2D eigenvalue weighted by molar-refractivity contribution is -0.120. The number of rotatable bonds is 7. The molecule has 0 aliphatic carbocycles. The number of pyridine rings is 1. The molecule has 0 saturated heterocycles. The average Bonchev–Trinajstić information content (AvgIpc) is 2.77. The number of carbonyl (C=O) groups excluding carboxylic acids is 1. The maximum atomic E-state index is 14.3. The minimum atomic E-state index is -3.59. The number of sulfonamides is 1. The van der Waals surface area contributed by atoms with Gasteiger partial charge in [-0.25, -0.2) is 17.8 Å². The Morgan fingerprint density at radius 2 is 1.82 bits per heavy atom. The van der Waals surface area contributed by atoms with E-state index < -0.39 is 21.8 Å². The van der Waals surface area contributed by atoms with E-state index in [0.29, 0.717) is 17.7 Å². The van der Waals surface area contributed by atoms with Gasteiger partial charge in [0.2, 0.25) is 10.0 Å². The Balaban J connectivity index is 1.72. The van der Waals surface area contributed by atoms with E-state index in [1.165, 1.54) is 12.1 Å². The van der Waals surface area contributed by atoms with Crippen molar-refractivity contribution in [2.75, 3.05) is 11.0 Å². The van der Waals surface area contributed by atoms with Crippen molar-refractivity contribution in [3.8, 4) is 11.8 Å². The molecule has 0 amide bonds. The van der Waals surface area contributed by atoms with Crippen LogP contribution in [0.1, 0.15) is 47.3 Å². The van der Waals surface area contributed by atoms with E-state index in [2.05, 4.69) is 21.5 Å². The number of benzene rings is 2. The summed E-state index contributed by atoms with van der Waals surface area (Å²) in [6.07, 6.45) is 1.66. The van der Waals surface area contributed by atoms with Crippen molar-refractivity contribution in [2.45, 2.75) is 32.6 Å². The first-order chi connectivity index (χ1) is 15.6. The smallest absolute Gasteiger partial charge is 0.229 e. The van der Waals surface area contributed by atoms with Crippen LogP contribution in [-0.2, 0) is 21.2 Å². The molecule has 170 valence electrons. The predicted molar refractivity (Wildman–Crippen MR) is 128 cm³/mol. The molecule has 0 bridgehead atoms. The third-order valence-electron chi connectivity index (χ3n) is 5.13. The van der Waals surface area contributed by atoms with Crippen LogP contribution in [0.2, 0.25) is 0 Å². The summed E-state index contributed by atoms with van der Waals surface area (Å²) < 4.78 is 39.1. The molecule has 1 heterocycles. The Labute approximate surface area is 194 Å². The van der Waals surface area contributed by atoms with Gasteiger partial charge in [-0.1, -0.05) is 43.2 Å². The molecule has 0 radical (unpaired) electrons. The molecule has 3 rings (SSSR count). The second kappa shape index (κ2) is 10.4. The summed E-state index contributed by atoms with van der Waals surface area (Å²) in [6.45, 7) is 3.60. The summed E-state index contributed by atoms with van der Waals surface area (Å²) in [5.41, 5.74) is 3.59. The minimum absolute atomic E-state index is 0.0548. The molecule has 33 heavy (non-hydrogen) atoms. The van der Waals surface area contributed by atoms with Crippen LogP contribution in [0.15, 0.2) is 60.7 Å². The first-order valence-corrected chi connectivity index (χ1v) is 12.3. The van der Waals surface area contributed by atoms with Crippen molar-refractivity contribution in [1.82, 2.24) is 4.98 Å². The number of carbonyl (C=O) groups is 1. The molecule has 3 aromatic rings. The normalized spacial score (nSPS) is 11.9. The van der Waals surface area contributed by atoms with Gasteiger partial charge < -0.3 is 0 Å². The molecule has 1 unspecified atom stereocenters. The van der Waals surface area contributed by atoms with Crippen LogP contribution in [0.5, 0.6) is 0 Å². The first-order valence-electron chi connectivity index (χ1n) is 10.5. The molecule has 1 atom stereocenters. The highest BCUT2D eigenvalue weighted by atomic mass is 32.2. The van der Waals surface area contributed by atoms with Gasteiger partial charge in [-0.2, -0.15) is 0 Å². The van der Waals surface area contributed by atoms with Crippen molar-refractivity contribution < 1.29 is 17.6 Å². The minimum Gasteiger partial charge on any atom is -0.299 e. The van der Waals surface area contributed by atoms with Gasteiger partial charge >= 0.3 is 0 Å². The molecule has 0 fully saturated rings. The van der Waals surface area contributed by atoms with Crippen LogP contribution in [0, 0.1) is 24.6 Å². The van der Waals surface area contributed by atoms with E-state index >= 15 is 0 Å². The fraction of sp³-hybridized carbons (Fsp3) is 0.231. The van der Waals surface area contributed by atoms with E-state index in [1.807, 2.05) is 49.4 Å². The van der Waals surface area contributed by atoms with Crippen LogP contribution in [0.4, 0.5) is 10.1 Å².